The molecule has 0 amide bonds. The van der Waals surface area contributed by atoms with Gasteiger partial charge in [-0.25, -0.2) is 4.79 Å². The Kier molecular flexibility index (Phi) is 21.3. The molecule has 0 saturated heterocycles. The summed E-state index contributed by atoms with van der Waals surface area (Å²) in [6.45, 7) is 10.6. The maximum atomic E-state index is 11.7. The molecule has 0 aliphatic heterocycles. The van der Waals surface area contributed by atoms with E-state index in [9.17, 15) is 4.79 Å². The lowest BCUT2D eigenvalue weighted by atomic mass is 9.94. The monoisotopic (exact) mass is 408 g/mol. The van der Waals surface area contributed by atoms with E-state index in [1.54, 1.807) is 6.92 Å². The normalized spacial score (nSPS) is 12.1. The van der Waals surface area contributed by atoms with Crippen LogP contribution in [0.15, 0.2) is 12.2 Å². The van der Waals surface area contributed by atoms with Crippen molar-refractivity contribution in [3.05, 3.63) is 12.2 Å². The van der Waals surface area contributed by atoms with Crippen LogP contribution in [0.1, 0.15) is 143 Å². The first-order chi connectivity index (χ1) is 14.1. The first-order valence-electron chi connectivity index (χ1n) is 12.9. The molecule has 0 aliphatic carbocycles. The van der Waals surface area contributed by atoms with Gasteiger partial charge < -0.3 is 4.74 Å². The van der Waals surface area contributed by atoms with Crippen LogP contribution in [0.25, 0.3) is 0 Å². The third-order valence-corrected chi connectivity index (χ3v) is 5.98. The summed E-state index contributed by atoms with van der Waals surface area (Å²) in [5, 5.41) is 0. The standard InChI is InChI=1S/C27H52O2/c1-5-7-9-11-13-14-15-16-17-19-21-23-26(24-29-27(28)25(3)4)22-20-18-12-10-8-6-2/h26H,3,5-24H2,1-2,4H3. The zero-order valence-corrected chi connectivity index (χ0v) is 20.2. The van der Waals surface area contributed by atoms with Crippen molar-refractivity contribution in [1.82, 2.24) is 0 Å². The summed E-state index contributed by atoms with van der Waals surface area (Å²) in [6.07, 6.45) is 25.6. The van der Waals surface area contributed by atoms with Crippen molar-refractivity contribution >= 4 is 5.97 Å². The van der Waals surface area contributed by atoms with E-state index in [1.807, 2.05) is 0 Å². The number of esters is 1. The maximum Gasteiger partial charge on any atom is 0.333 e. The van der Waals surface area contributed by atoms with Gasteiger partial charge in [-0.3, -0.25) is 0 Å². The largest absolute Gasteiger partial charge is 0.462 e. The fraction of sp³-hybridized carbons (Fsp3) is 0.889. The number of hydrogen-bond donors (Lipinski definition) is 0. The Morgan fingerprint density at radius 1 is 0.655 bits per heavy atom. The second-order valence-electron chi connectivity index (χ2n) is 9.13. The molecule has 0 aromatic carbocycles. The molecule has 1 atom stereocenters. The van der Waals surface area contributed by atoms with Gasteiger partial charge in [0, 0.05) is 5.57 Å². The van der Waals surface area contributed by atoms with E-state index in [4.69, 9.17) is 4.74 Å². The van der Waals surface area contributed by atoms with Crippen LogP contribution in [0.5, 0.6) is 0 Å². The number of carbonyl (C=O) groups is 1. The highest BCUT2D eigenvalue weighted by atomic mass is 16.5. The van der Waals surface area contributed by atoms with E-state index in [1.165, 1.54) is 122 Å². The molecule has 0 saturated carbocycles. The van der Waals surface area contributed by atoms with E-state index in [0.717, 1.165) is 0 Å². The minimum atomic E-state index is -0.225. The molecular weight excluding hydrogens is 356 g/mol. The van der Waals surface area contributed by atoms with Crippen LogP contribution in [-0.2, 0) is 9.53 Å². The van der Waals surface area contributed by atoms with Crippen LogP contribution in [-0.4, -0.2) is 12.6 Å². The Hall–Kier alpha value is -0.790. The molecule has 172 valence electrons. The molecule has 0 fully saturated rings. The highest BCUT2D eigenvalue weighted by Gasteiger charge is 2.12. The Labute approximate surface area is 183 Å². The van der Waals surface area contributed by atoms with Crippen LogP contribution < -0.4 is 0 Å². The first-order valence-corrected chi connectivity index (χ1v) is 12.9. The van der Waals surface area contributed by atoms with Gasteiger partial charge in [0.25, 0.3) is 0 Å². The zero-order chi connectivity index (χ0) is 21.6. The van der Waals surface area contributed by atoms with E-state index < -0.39 is 0 Å². The van der Waals surface area contributed by atoms with Crippen molar-refractivity contribution in [3.8, 4) is 0 Å². The molecule has 0 rings (SSSR count). The third-order valence-electron chi connectivity index (χ3n) is 5.98. The predicted molar refractivity (Wildman–Crippen MR) is 128 cm³/mol. The summed E-state index contributed by atoms with van der Waals surface area (Å²) >= 11 is 0. The summed E-state index contributed by atoms with van der Waals surface area (Å²) < 4.78 is 5.47. The number of hydrogen-bond acceptors (Lipinski definition) is 2. The van der Waals surface area contributed by atoms with Crippen molar-refractivity contribution < 1.29 is 9.53 Å². The average Bonchev–Trinajstić information content (AvgIpc) is 2.71. The molecule has 0 aromatic heterocycles. The second-order valence-corrected chi connectivity index (χ2v) is 9.13. The molecule has 2 heteroatoms. The van der Waals surface area contributed by atoms with Gasteiger partial charge in [0.2, 0.25) is 0 Å². The van der Waals surface area contributed by atoms with Gasteiger partial charge in [-0.2, -0.15) is 0 Å². The Bertz CT molecular complexity index is 375. The first kappa shape index (κ1) is 28.2. The van der Waals surface area contributed by atoms with Crippen LogP contribution in [0.4, 0.5) is 0 Å². The Morgan fingerprint density at radius 3 is 1.34 bits per heavy atom. The molecule has 0 N–H and O–H groups in total. The molecule has 0 spiro atoms. The van der Waals surface area contributed by atoms with Crippen LogP contribution in [0, 0.1) is 5.92 Å². The minimum Gasteiger partial charge on any atom is -0.462 e. The van der Waals surface area contributed by atoms with Crippen LogP contribution in [0.3, 0.4) is 0 Å². The van der Waals surface area contributed by atoms with Crippen molar-refractivity contribution in [3.63, 3.8) is 0 Å². The average molecular weight is 409 g/mol. The van der Waals surface area contributed by atoms with E-state index in [2.05, 4.69) is 20.4 Å². The second kappa shape index (κ2) is 21.9. The Morgan fingerprint density at radius 2 is 1.00 bits per heavy atom. The number of unbranched alkanes of at least 4 members (excludes halogenated alkanes) is 15. The van der Waals surface area contributed by atoms with E-state index >= 15 is 0 Å². The summed E-state index contributed by atoms with van der Waals surface area (Å²) in [6, 6.07) is 0. The lowest BCUT2D eigenvalue weighted by Crippen LogP contribution is -2.15. The number of carbonyl (C=O) groups excluding carboxylic acids is 1. The fourth-order valence-electron chi connectivity index (χ4n) is 3.94. The van der Waals surface area contributed by atoms with Crippen molar-refractivity contribution in [2.24, 2.45) is 5.92 Å². The Balaban J connectivity index is 3.83. The van der Waals surface area contributed by atoms with Crippen molar-refractivity contribution in [2.45, 2.75) is 143 Å². The van der Waals surface area contributed by atoms with Gasteiger partial charge in [0.05, 0.1) is 6.61 Å². The maximum absolute atomic E-state index is 11.7. The topological polar surface area (TPSA) is 26.3 Å². The molecule has 2 nitrogen and oxygen atoms in total. The summed E-state index contributed by atoms with van der Waals surface area (Å²) in [4.78, 5) is 11.7. The highest BCUT2D eigenvalue weighted by molar-refractivity contribution is 5.86. The zero-order valence-electron chi connectivity index (χ0n) is 20.2. The lowest BCUT2D eigenvalue weighted by molar-refractivity contribution is -0.140. The molecule has 0 radical (unpaired) electrons. The van der Waals surface area contributed by atoms with Gasteiger partial charge in [-0.1, -0.05) is 130 Å². The molecule has 0 aliphatic rings. The predicted octanol–water partition coefficient (Wildman–Crippen LogP) is 9.17. The van der Waals surface area contributed by atoms with Gasteiger partial charge >= 0.3 is 5.97 Å². The van der Waals surface area contributed by atoms with E-state index in [-0.39, 0.29) is 5.97 Å². The van der Waals surface area contributed by atoms with Gasteiger partial charge in [0.15, 0.2) is 0 Å². The molecule has 0 heterocycles. The fourth-order valence-corrected chi connectivity index (χ4v) is 3.94. The van der Waals surface area contributed by atoms with Crippen LogP contribution in [0.2, 0.25) is 0 Å². The quantitative estimate of drug-likeness (QED) is 0.101. The summed E-state index contributed by atoms with van der Waals surface area (Å²) in [7, 11) is 0. The minimum absolute atomic E-state index is 0.225. The number of ether oxygens (including phenoxy) is 1. The van der Waals surface area contributed by atoms with Crippen LogP contribution >= 0.6 is 0 Å². The van der Waals surface area contributed by atoms with Gasteiger partial charge in [-0.05, 0) is 25.7 Å². The van der Waals surface area contributed by atoms with Gasteiger partial charge in [0.1, 0.15) is 0 Å². The highest BCUT2D eigenvalue weighted by Crippen LogP contribution is 2.20. The molecule has 1 unspecified atom stereocenters. The lowest BCUT2D eigenvalue weighted by Gasteiger charge is -2.17. The van der Waals surface area contributed by atoms with E-state index in [0.29, 0.717) is 18.1 Å². The summed E-state index contributed by atoms with van der Waals surface area (Å²) in [5.41, 5.74) is 0.512. The molecule has 0 bridgehead atoms. The number of rotatable bonds is 22. The SMILES string of the molecule is C=C(C)C(=O)OCC(CCCCCCCC)CCCCCCCCCCCCC. The van der Waals surface area contributed by atoms with Gasteiger partial charge in [-0.15, -0.1) is 0 Å². The third kappa shape index (κ3) is 20.3. The molecular formula is C27H52O2. The van der Waals surface area contributed by atoms with Crippen molar-refractivity contribution in [2.75, 3.05) is 6.61 Å². The smallest absolute Gasteiger partial charge is 0.333 e. The molecule has 0 aromatic rings. The summed E-state index contributed by atoms with van der Waals surface area (Å²) in [5.74, 6) is 0.305. The van der Waals surface area contributed by atoms with Crippen molar-refractivity contribution in [1.29, 1.82) is 0 Å². The molecule has 29 heavy (non-hydrogen) atoms.